The zero-order chi connectivity index (χ0) is 18.2. The molecule has 0 aliphatic rings. The minimum Gasteiger partial charge on any atom is -0.449 e. The Hall–Kier alpha value is -2.59. The number of rotatable bonds is 6. The number of carbonyl (C=O) groups is 2. The van der Waals surface area contributed by atoms with Gasteiger partial charge in [-0.2, -0.15) is 0 Å². The standard InChI is InChI=1S/C20H20ClNO3/c1-3-22(17-10-5-4-6-11-17)20(24)15(2)25-19(23)14-13-16-9-7-8-12-18(16)21/h4-15H,3H2,1-2H3/b14-13+/t15-/m1/s1. The smallest absolute Gasteiger partial charge is 0.331 e. The highest BCUT2D eigenvalue weighted by molar-refractivity contribution is 6.32. The van der Waals surface area contributed by atoms with E-state index in [0.29, 0.717) is 17.1 Å². The molecule has 0 fully saturated rings. The molecule has 1 atom stereocenters. The van der Waals surface area contributed by atoms with Crippen molar-refractivity contribution in [3.8, 4) is 0 Å². The number of benzene rings is 2. The van der Waals surface area contributed by atoms with Gasteiger partial charge in [-0.1, -0.05) is 48.0 Å². The molecule has 0 aliphatic heterocycles. The van der Waals surface area contributed by atoms with Crippen LogP contribution in [0.5, 0.6) is 0 Å². The monoisotopic (exact) mass is 357 g/mol. The lowest BCUT2D eigenvalue weighted by Gasteiger charge is -2.24. The number of nitrogens with zero attached hydrogens (tertiary/aromatic N) is 1. The number of hydrogen-bond donors (Lipinski definition) is 0. The fourth-order valence-corrected chi connectivity index (χ4v) is 2.52. The quantitative estimate of drug-likeness (QED) is 0.570. The van der Waals surface area contributed by atoms with Crippen molar-refractivity contribution < 1.29 is 14.3 Å². The Morgan fingerprint density at radius 3 is 2.40 bits per heavy atom. The largest absolute Gasteiger partial charge is 0.449 e. The van der Waals surface area contributed by atoms with Gasteiger partial charge in [0, 0.05) is 23.3 Å². The van der Waals surface area contributed by atoms with Crippen molar-refractivity contribution in [2.75, 3.05) is 11.4 Å². The number of hydrogen-bond acceptors (Lipinski definition) is 3. The first-order valence-corrected chi connectivity index (χ1v) is 8.40. The van der Waals surface area contributed by atoms with Gasteiger partial charge in [0.1, 0.15) is 0 Å². The highest BCUT2D eigenvalue weighted by Crippen LogP contribution is 2.17. The summed E-state index contributed by atoms with van der Waals surface area (Å²) in [5.41, 5.74) is 1.48. The highest BCUT2D eigenvalue weighted by Gasteiger charge is 2.23. The molecular formula is C20H20ClNO3. The van der Waals surface area contributed by atoms with Gasteiger partial charge in [0.15, 0.2) is 6.10 Å². The van der Waals surface area contributed by atoms with Crippen LogP contribution >= 0.6 is 11.6 Å². The first-order chi connectivity index (χ1) is 12.0. The SMILES string of the molecule is CCN(C(=O)[C@@H](C)OC(=O)/C=C/c1ccccc1Cl)c1ccccc1. The number of ether oxygens (including phenoxy) is 1. The van der Waals surface area contributed by atoms with E-state index in [2.05, 4.69) is 0 Å². The van der Waals surface area contributed by atoms with Gasteiger partial charge in [-0.15, -0.1) is 0 Å². The Kier molecular flexibility index (Phi) is 6.78. The summed E-state index contributed by atoms with van der Waals surface area (Å²) in [6.07, 6.45) is 1.95. The fraction of sp³-hybridized carbons (Fsp3) is 0.200. The molecule has 0 unspecified atom stereocenters. The van der Waals surface area contributed by atoms with Crippen LogP contribution in [-0.4, -0.2) is 24.5 Å². The van der Waals surface area contributed by atoms with Crippen LogP contribution in [0.2, 0.25) is 5.02 Å². The topological polar surface area (TPSA) is 46.6 Å². The van der Waals surface area contributed by atoms with E-state index in [1.54, 1.807) is 30.0 Å². The molecule has 0 aliphatic carbocycles. The summed E-state index contributed by atoms with van der Waals surface area (Å²) < 4.78 is 5.22. The highest BCUT2D eigenvalue weighted by atomic mass is 35.5. The van der Waals surface area contributed by atoms with Crippen LogP contribution in [-0.2, 0) is 14.3 Å². The minimum atomic E-state index is -0.886. The van der Waals surface area contributed by atoms with Crippen LogP contribution in [0, 0.1) is 0 Å². The van der Waals surface area contributed by atoms with E-state index in [1.807, 2.05) is 49.4 Å². The zero-order valence-corrected chi connectivity index (χ0v) is 14.9. The van der Waals surface area contributed by atoms with E-state index in [0.717, 1.165) is 5.69 Å². The van der Waals surface area contributed by atoms with E-state index in [-0.39, 0.29) is 5.91 Å². The normalized spacial score (nSPS) is 12.0. The number of halogens is 1. The molecular weight excluding hydrogens is 338 g/mol. The number of carbonyl (C=O) groups excluding carboxylic acids is 2. The molecule has 4 nitrogen and oxygen atoms in total. The van der Waals surface area contributed by atoms with Crippen molar-refractivity contribution in [1.82, 2.24) is 0 Å². The Morgan fingerprint density at radius 2 is 1.76 bits per heavy atom. The maximum Gasteiger partial charge on any atom is 0.331 e. The summed E-state index contributed by atoms with van der Waals surface area (Å²) >= 11 is 6.03. The van der Waals surface area contributed by atoms with E-state index < -0.39 is 12.1 Å². The Bertz CT molecular complexity index is 759. The summed E-state index contributed by atoms with van der Waals surface area (Å²) in [6, 6.07) is 16.4. The average Bonchev–Trinajstić information content (AvgIpc) is 2.62. The minimum absolute atomic E-state index is 0.270. The van der Waals surface area contributed by atoms with Crippen LogP contribution in [0.25, 0.3) is 6.08 Å². The van der Waals surface area contributed by atoms with Crippen molar-refractivity contribution in [2.45, 2.75) is 20.0 Å². The van der Waals surface area contributed by atoms with Gasteiger partial charge < -0.3 is 9.64 Å². The van der Waals surface area contributed by atoms with Crippen molar-refractivity contribution >= 4 is 35.2 Å². The lowest BCUT2D eigenvalue weighted by Crippen LogP contribution is -2.39. The van der Waals surface area contributed by atoms with Gasteiger partial charge in [-0.05, 0) is 43.7 Å². The van der Waals surface area contributed by atoms with Gasteiger partial charge in [0.05, 0.1) is 0 Å². The van der Waals surface area contributed by atoms with Crippen molar-refractivity contribution in [2.24, 2.45) is 0 Å². The molecule has 2 rings (SSSR count). The van der Waals surface area contributed by atoms with E-state index >= 15 is 0 Å². The van der Waals surface area contributed by atoms with E-state index in [1.165, 1.54) is 6.08 Å². The first-order valence-electron chi connectivity index (χ1n) is 8.02. The number of esters is 1. The molecule has 0 saturated heterocycles. The maximum atomic E-state index is 12.5. The molecule has 0 saturated carbocycles. The molecule has 1 amide bonds. The Balaban J connectivity index is 2.00. The van der Waals surface area contributed by atoms with Crippen LogP contribution in [0.15, 0.2) is 60.7 Å². The molecule has 25 heavy (non-hydrogen) atoms. The van der Waals surface area contributed by atoms with Crippen LogP contribution < -0.4 is 4.90 Å². The maximum absolute atomic E-state index is 12.5. The van der Waals surface area contributed by atoms with Crippen LogP contribution in [0.4, 0.5) is 5.69 Å². The van der Waals surface area contributed by atoms with E-state index in [9.17, 15) is 9.59 Å². The molecule has 0 bridgehead atoms. The Labute approximate surface area is 152 Å². The van der Waals surface area contributed by atoms with Crippen LogP contribution in [0.1, 0.15) is 19.4 Å². The number of para-hydroxylation sites is 1. The fourth-order valence-electron chi connectivity index (χ4n) is 2.33. The second-order valence-corrected chi connectivity index (χ2v) is 5.76. The molecule has 0 aromatic heterocycles. The summed E-state index contributed by atoms with van der Waals surface area (Å²) in [5.74, 6) is -0.863. The second-order valence-electron chi connectivity index (χ2n) is 5.35. The van der Waals surface area contributed by atoms with Crippen molar-refractivity contribution in [3.05, 3.63) is 71.3 Å². The van der Waals surface area contributed by atoms with Crippen molar-refractivity contribution in [1.29, 1.82) is 0 Å². The molecule has 0 N–H and O–H groups in total. The lowest BCUT2D eigenvalue weighted by atomic mass is 10.2. The molecule has 0 heterocycles. The molecule has 5 heteroatoms. The van der Waals surface area contributed by atoms with Gasteiger partial charge in [-0.25, -0.2) is 4.79 Å². The molecule has 2 aromatic rings. The zero-order valence-electron chi connectivity index (χ0n) is 14.2. The van der Waals surface area contributed by atoms with Gasteiger partial charge in [0.2, 0.25) is 0 Å². The average molecular weight is 358 g/mol. The molecule has 130 valence electrons. The molecule has 0 spiro atoms. The number of likely N-dealkylation sites (N-methyl/N-ethyl adjacent to an activating group) is 1. The molecule has 2 aromatic carbocycles. The third-order valence-electron chi connectivity index (χ3n) is 3.60. The van der Waals surface area contributed by atoms with Gasteiger partial charge in [0.25, 0.3) is 5.91 Å². The summed E-state index contributed by atoms with van der Waals surface area (Å²) in [4.78, 5) is 26.1. The first kappa shape index (κ1) is 18.7. The van der Waals surface area contributed by atoms with E-state index in [4.69, 9.17) is 16.3 Å². The third-order valence-corrected chi connectivity index (χ3v) is 3.94. The Morgan fingerprint density at radius 1 is 1.12 bits per heavy atom. The van der Waals surface area contributed by atoms with Crippen molar-refractivity contribution in [3.63, 3.8) is 0 Å². The predicted molar refractivity (Wildman–Crippen MR) is 101 cm³/mol. The summed E-state index contributed by atoms with van der Waals surface area (Å²) in [6.45, 7) is 3.92. The summed E-state index contributed by atoms with van der Waals surface area (Å²) in [5, 5.41) is 0.539. The van der Waals surface area contributed by atoms with Gasteiger partial charge in [-0.3, -0.25) is 4.79 Å². The third kappa shape index (κ3) is 5.19. The molecule has 0 radical (unpaired) electrons. The van der Waals surface area contributed by atoms with Crippen LogP contribution in [0.3, 0.4) is 0 Å². The summed E-state index contributed by atoms with van der Waals surface area (Å²) in [7, 11) is 0. The predicted octanol–water partition coefficient (Wildman–Crippen LogP) is 4.34. The lowest BCUT2D eigenvalue weighted by molar-refractivity contribution is -0.149. The number of anilines is 1. The number of amides is 1. The van der Waals surface area contributed by atoms with Gasteiger partial charge >= 0.3 is 5.97 Å². The second kappa shape index (κ2) is 9.04.